The minimum absolute atomic E-state index is 0.316. The highest BCUT2D eigenvalue weighted by Gasteiger charge is 2.12. The fourth-order valence-electron chi connectivity index (χ4n) is 2.84. The van der Waals surface area contributed by atoms with Gasteiger partial charge in [-0.25, -0.2) is 0 Å². The molecule has 0 aliphatic heterocycles. The second-order valence-electron chi connectivity index (χ2n) is 5.65. The van der Waals surface area contributed by atoms with Crippen LogP contribution in [0.15, 0.2) is 36.4 Å². The monoisotopic (exact) mass is 283 g/mol. The maximum Gasteiger partial charge on any atom is 0.118 e. The normalized spacial score (nSPS) is 12.0. The van der Waals surface area contributed by atoms with Crippen molar-refractivity contribution in [3.8, 4) is 5.75 Å². The van der Waals surface area contributed by atoms with Crippen LogP contribution >= 0.6 is 0 Å². The van der Waals surface area contributed by atoms with Crippen molar-refractivity contribution < 1.29 is 4.74 Å². The molecule has 1 N–H and O–H groups in total. The Morgan fingerprint density at radius 2 is 1.57 bits per heavy atom. The number of aryl methyl sites for hydroxylation is 3. The Balaban J connectivity index is 2.26. The summed E-state index contributed by atoms with van der Waals surface area (Å²) in [5, 5.41) is 3.71. The lowest BCUT2D eigenvalue weighted by Gasteiger charge is -2.22. The molecule has 0 amide bonds. The standard InChI is InChI=1S/C19H25NO/c1-6-18(16-7-9-17(21-5)10-8-16)20-19-14(3)11-13(2)12-15(19)4/h7-12,18,20H,6H2,1-5H3. The van der Waals surface area contributed by atoms with E-state index in [9.17, 15) is 0 Å². The van der Waals surface area contributed by atoms with E-state index in [4.69, 9.17) is 4.74 Å². The van der Waals surface area contributed by atoms with Crippen molar-refractivity contribution in [3.63, 3.8) is 0 Å². The average Bonchev–Trinajstić information content (AvgIpc) is 2.47. The van der Waals surface area contributed by atoms with E-state index in [0.29, 0.717) is 6.04 Å². The van der Waals surface area contributed by atoms with Crippen molar-refractivity contribution in [2.75, 3.05) is 12.4 Å². The van der Waals surface area contributed by atoms with Crippen LogP contribution in [0.1, 0.15) is 41.6 Å². The fourth-order valence-corrected chi connectivity index (χ4v) is 2.84. The molecule has 0 fully saturated rings. The predicted octanol–water partition coefficient (Wildman–Crippen LogP) is 5.18. The van der Waals surface area contributed by atoms with Gasteiger partial charge in [-0.2, -0.15) is 0 Å². The van der Waals surface area contributed by atoms with Gasteiger partial charge in [-0.1, -0.05) is 36.8 Å². The highest BCUT2D eigenvalue weighted by molar-refractivity contribution is 5.59. The van der Waals surface area contributed by atoms with Crippen LogP contribution in [0.3, 0.4) is 0 Å². The quantitative estimate of drug-likeness (QED) is 0.816. The molecule has 0 aliphatic rings. The van der Waals surface area contributed by atoms with Gasteiger partial charge < -0.3 is 10.1 Å². The molecular formula is C19H25NO. The van der Waals surface area contributed by atoms with Gasteiger partial charge in [0.05, 0.1) is 13.2 Å². The Labute approximate surface area is 128 Å². The van der Waals surface area contributed by atoms with Crippen LogP contribution in [-0.4, -0.2) is 7.11 Å². The zero-order chi connectivity index (χ0) is 15.4. The third-order valence-corrected chi connectivity index (χ3v) is 3.92. The molecule has 0 spiro atoms. The van der Waals surface area contributed by atoms with E-state index in [1.165, 1.54) is 27.9 Å². The summed E-state index contributed by atoms with van der Waals surface area (Å²) in [7, 11) is 1.70. The highest BCUT2D eigenvalue weighted by atomic mass is 16.5. The number of anilines is 1. The number of benzene rings is 2. The van der Waals surface area contributed by atoms with E-state index in [1.807, 2.05) is 12.1 Å². The van der Waals surface area contributed by atoms with E-state index >= 15 is 0 Å². The molecule has 0 radical (unpaired) electrons. The van der Waals surface area contributed by atoms with Gasteiger partial charge in [0.25, 0.3) is 0 Å². The van der Waals surface area contributed by atoms with E-state index < -0.39 is 0 Å². The molecule has 0 bridgehead atoms. The summed E-state index contributed by atoms with van der Waals surface area (Å²) >= 11 is 0. The van der Waals surface area contributed by atoms with E-state index in [0.717, 1.165) is 12.2 Å². The van der Waals surface area contributed by atoms with Crippen LogP contribution in [0.5, 0.6) is 5.75 Å². The molecule has 21 heavy (non-hydrogen) atoms. The van der Waals surface area contributed by atoms with Crippen LogP contribution in [0.25, 0.3) is 0 Å². The fraction of sp³-hybridized carbons (Fsp3) is 0.368. The van der Waals surface area contributed by atoms with Crippen molar-refractivity contribution in [2.24, 2.45) is 0 Å². The Hall–Kier alpha value is -1.96. The maximum absolute atomic E-state index is 5.23. The lowest BCUT2D eigenvalue weighted by Crippen LogP contribution is -2.11. The molecule has 1 unspecified atom stereocenters. The topological polar surface area (TPSA) is 21.3 Å². The minimum Gasteiger partial charge on any atom is -0.497 e. The Bertz CT molecular complexity index is 578. The molecule has 2 nitrogen and oxygen atoms in total. The molecule has 0 saturated carbocycles. The number of methoxy groups -OCH3 is 1. The van der Waals surface area contributed by atoms with Gasteiger partial charge in [0, 0.05) is 5.69 Å². The van der Waals surface area contributed by atoms with Crippen LogP contribution in [0.2, 0.25) is 0 Å². The molecule has 2 heteroatoms. The molecule has 1 atom stereocenters. The summed E-state index contributed by atoms with van der Waals surface area (Å²) in [5.74, 6) is 0.899. The number of rotatable bonds is 5. The largest absolute Gasteiger partial charge is 0.497 e. The Kier molecular flexibility index (Phi) is 4.89. The van der Waals surface area contributed by atoms with Gasteiger partial charge in [0.15, 0.2) is 0 Å². The van der Waals surface area contributed by atoms with E-state index in [2.05, 4.69) is 57.3 Å². The molecule has 2 rings (SSSR count). The van der Waals surface area contributed by atoms with Crippen LogP contribution in [0.4, 0.5) is 5.69 Å². The smallest absolute Gasteiger partial charge is 0.118 e. The molecule has 0 heterocycles. The summed E-state index contributed by atoms with van der Waals surface area (Å²) in [4.78, 5) is 0. The predicted molar refractivity (Wildman–Crippen MR) is 90.3 cm³/mol. The SMILES string of the molecule is CCC(Nc1c(C)cc(C)cc1C)c1ccc(OC)cc1. The second-order valence-corrected chi connectivity index (χ2v) is 5.65. The van der Waals surface area contributed by atoms with Crippen LogP contribution < -0.4 is 10.1 Å². The summed E-state index contributed by atoms with van der Waals surface area (Å²) in [5.41, 5.74) is 6.47. The maximum atomic E-state index is 5.23. The van der Waals surface area contributed by atoms with E-state index in [1.54, 1.807) is 7.11 Å². The zero-order valence-corrected chi connectivity index (χ0v) is 13.7. The highest BCUT2D eigenvalue weighted by Crippen LogP contribution is 2.29. The zero-order valence-electron chi connectivity index (χ0n) is 13.7. The Morgan fingerprint density at radius 1 is 1.00 bits per heavy atom. The van der Waals surface area contributed by atoms with Crippen molar-refractivity contribution in [3.05, 3.63) is 58.7 Å². The lowest BCUT2D eigenvalue weighted by molar-refractivity contribution is 0.414. The lowest BCUT2D eigenvalue weighted by atomic mass is 10.0. The minimum atomic E-state index is 0.316. The molecule has 0 aromatic heterocycles. The molecule has 2 aromatic rings. The first-order valence-electron chi connectivity index (χ1n) is 7.53. The molecule has 0 saturated heterocycles. The average molecular weight is 283 g/mol. The van der Waals surface area contributed by atoms with Gasteiger partial charge in [0.2, 0.25) is 0 Å². The summed E-state index contributed by atoms with van der Waals surface area (Å²) < 4.78 is 5.23. The first-order valence-corrected chi connectivity index (χ1v) is 7.53. The van der Waals surface area contributed by atoms with Gasteiger partial charge >= 0.3 is 0 Å². The van der Waals surface area contributed by atoms with Crippen molar-refractivity contribution in [1.82, 2.24) is 0 Å². The number of nitrogens with one attached hydrogen (secondary N) is 1. The van der Waals surface area contributed by atoms with Gasteiger partial charge in [-0.05, 0) is 56.0 Å². The first kappa shape index (κ1) is 15.4. The molecular weight excluding hydrogens is 258 g/mol. The van der Waals surface area contributed by atoms with Crippen LogP contribution in [-0.2, 0) is 0 Å². The number of hydrogen-bond acceptors (Lipinski definition) is 2. The molecule has 2 aromatic carbocycles. The summed E-state index contributed by atoms with van der Waals surface area (Å²) in [6.45, 7) is 8.69. The van der Waals surface area contributed by atoms with Gasteiger partial charge in [-0.3, -0.25) is 0 Å². The first-order chi connectivity index (χ1) is 10.0. The van der Waals surface area contributed by atoms with Crippen LogP contribution in [0, 0.1) is 20.8 Å². The summed E-state index contributed by atoms with van der Waals surface area (Å²) in [6, 6.07) is 13.1. The van der Waals surface area contributed by atoms with Gasteiger partial charge in [0.1, 0.15) is 5.75 Å². The van der Waals surface area contributed by atoms with Gasteiger partial charge in [-0.15, -0.1) is 0 Å². The molecule has 112 valence electrons. The number of ether oxygens (including phenoxy) is 1. The molecule has 0 aliphatic carbocycles. The van der Waals surface area contributed by atoms with Crippen molar-refractivity contribution in [2.45, 2.75) is 40.2 Å². The van der Waals surface area contributed by atoms with Crippen molar-refractivity contribution in [1.29, 1.82) is 0 Å². The summed E-state index contributed by atoms with van der Waals surface area (Å²) in [6.07, 6.45) is 1.04. The third kappa shape index (κ3) is 3.57. The van der Waals surface area contributed by atoms with Crippen molar-refractivity contribution >= 4 is 5.69 Å². The number of hydrogen-bond donors (Lipinski definition) is 1. The second kappa shape index (κ2) is 6.66. The Morgan fingerprint density at radius 3 is 2.05 bits per heavy atom. The van der Waals surface area contributed by atoms with E-state index in [-0.39, 0.29) is 0 Å². The third-order valence-electron chi connectivity index (χ3n) is 3.92.